The molecule has 0 spiro atoms. The maximum Gasteiger partial charge on any atom is 0.265 e. The normalized spacial score (nSPS) is 16.1. The van der Waals surface area contributed by atoms with Gasteiger partial charge in [-0.15, -0.1) is 0 Å². The fourth-order valence-electron chi connectivity index (χ4n) is 2.82. The Kier molecular flexibility index (Phi) is 6.04. The van der Waals surface area contributed by atoms with E-state index in [2.05, 4.69) is 5.32 Å². The van der Waals surface area contributed by atoms with Crippen molar-refractivity contribution in [3.8, 4) is 5.75 Å². The molecule has 27 heavy (non-hydrogen) atoms. The highest BCUT2D eigenvalue weighted by atomic mass is 35.5. The average Bonchev–Trinajstić information content (AvgIpc) is 3.19. The summed E-state index contributed by atoms with van der Waals surface area (Å²) in [6, 6.07) is 13.1. The predicted molar refractivity (Wildman–Crippen MR) is 105 cm³/mol. The second kappa shape index (κ2) is 8.29. The average molecular weight is 409 g/mol. The lowest BCUT2D eigenvalue weighted by atomic mass is 10.3. The molecule has 1 heterocycles. The summed E-state index contributed by atoms with van der Waals surface area (Å²) in [4.78, 5) is 12.5. The van der Waals surface area contributed by atoms with Crippen LogP contribution in [0.5, 0.6) is 5.75 Å². The monoisotopic (exact) mass is 408 g/mol. The molecule has 1 N–H and O–H groups in total. The van der Waals surface area contributed by atoms with Crippen molar-refractivity contribution in [1.29, 1.82) is 0 Å². The number of benzene rings is 2. The first-order valence-corrected chi connectivity index (χ1v) is 10.5. The van der Waals surface area contributed by atoms with Crippen molar-refractivity contribution in [2.75, 3.05) is 18.4 Å². The molecule has 6 nitrogen and oxygen atoms in total. The zero-order valence-corrected chi connectivity index (χ0v) is 16.5. The molecule has 0 unspecified atom stereocenters. The first-order chi connectivity index (χ1) is 12.9. The standard InChI is InChI=1S/C19H21ClN2O4S/c1-14(26-18-7-3-2-6-17(18)20)19(23)21-15-8-10-16(11-9-15)27(24,25)22-12-4-5-13-22/h2-3,6-11,14H,4-5,12-13H2,1H3,(H,21,23)/t14-/m0/s1. The number of amides is 1. The molecule has 1 atom stereocenters. The van der Waals surface area contributed by atoms with Crippen molar-refractivity contribution in [2.24, 2.45) is 0 Å². The number of nitrogens with one attached hydrogen (secondary N) is 1. The SMILES string of the molecule is C[C@H](Oc1ccccc1Cl)C(=O)Nc1ccc(S(=O)(=O)N2CCCC2)cc1. The number of ether oxygens (including phenoxy) is 1. The highest BCUT2D eigenvalue weighted by Gasteiger charge is 2.27. The number of hydrogen-bond acceptors (Lipinski definition) is 4. The zero-order valence-electron chi connectivity index (χ0n) is 14.9. The molecule has 1 saturated heterocycles. The molecule has 0 saturated carbocycles. The van der Waals surface area contributed by atoms with Crippen LogP contribution in [-0.4, -0.2) is 37.8 Å². The number of carbonyl (C=O) groups excluding carboxylic acids is 1. The lowest BCUT2D eigenvalue weighted by molar-refractivity contribution is -0.122. The zero-order chi connectivity index (χ0) is 19.4. The highest BCUT2D eigenvalue weighted by molar-refractivity contribution is 7.89. The smallest absolute Gasteiger partial charge is 0.265 e. The largest absolute Gasteiger partial charge is 0.479 e. The van der Waals surface area contributed by atoms with Gasteiger partial charge < -0.3 is 10.1 Å². The molecule has 1 fully saturated rings. The van der Waals surface area contributed by atoms with E-state index in [0.717, 1.165) is 12.8 Å². The first kappa shape index (κ1) is 19.7. The van der Waals surface area contributed by atoms with Crippen LogP contribution >= 0.6 is 11.6 Å². The lowest BCUT2D eigenvalue weighted by Gasteiger charge is -2.17. The van der Waals surface area contributed by atoms with Crippen molar-refractivity contribution in [2.45, 2.75) is 30.8 Å². The van der Waals surface area contributed by atoms with Gasteiger partial charge in [-0.25, -0.2) is 8.42 Å². The van der Waals surface area contributed by atoms with Gasteiger partial charge in [0, 0.05) is 18.8 Å². The number of hydrogen-bond donors (Lipinski definition) is 1. The number of rotatable bonds is 6. The molecule has 0 radical (unpaired) electrons. The van der Waals surface area contributed by atoms with Crippen LogP contribution in [0, 0.1) is 0 Å². The summed E-state index contributed by atoms with van der Waals surface area (Å²) in [6.45, 7) is 2.72. The molecular formula is C19H21ClN2O4S. The van der Waals surface area contributed by atoms with Gasteiger partial charge in [-0.3, -0.25) is 4.79 Å². The van der Waals surface area contributed by atoms with Crippen LogP contribution in [0.1, 0.15) is 19.8 Å². The van der Waals surface area contributed by atoms with Crippen molar-refractivity contribution in [3.63, 3.8) is 0 Å². The Bertz CT molecular complexity index is 910. The second-order valence-electron chi connectivity index (χ2n) is 6.32. The van der Waals surface area contributed by atoms with Gasteiger partial charge in [0.25, 0.3) is 5.91 Å². The molecule has 144 valence electrons. The van der Waals surface area contributed by atoms with E-state index in [9.17, 15) is 13.2 Å². The third-order valence-electron chi connectivity index (χ3n) is 4.33. The Hall–Kier alpha value is -2.09. The first-order valence-electron chi connectivity index (χ1n) is 8.70. The van der Waals surface area contributed by atoms with Crippen LogP contribution in [0.4, 0.5) is 5.69 Å². The molecule has 2 aromatic rings. The summed E-state index contributed by atoms with van der Waals surface area (Å²) >= 11 is 6.03. The quantitative estimate of drug-likeness (QED) is 0.793. The maximum absolute atomic E-state index is 12.5. The minimum Gasteiger partial charge on any atom is -0.479 e. The summed E-state index contributed by atoms with van der Waals surface area (Å²) in [6.07, 6.45) is 1.01. The van der Waals surface area contributed by atoms with E-state index in [0.29, 0.717) is 29.5 Å². The molecule has 0 aliphatic carbocycles. The highest BCUT2D eigenvalue weighted by Crippen LogP contribution is 2.25. The Morgan fingerprint density at radius 2 is 1.74 bits per heavy atom. The molecule has 0 bridgehead atoms. The van der Waals surface area contributed by atoms with Gasteiger partial charge in [-0.1, -0.05) is 23.7 Å². The topological polar surface area (TPSA) is 75.7 Å². The van der Waals surface area contributed by atoms with E-state index < -0.39 is 16.1 Å². The molecule has 1 aliphatic heterocycles. The van der Waals surface area contributed by atoms with Crippen LogP contribution in [0.15, 0.2) is 53.4 Å². The van der Waals surface area contributed by atoms with E-state index >= 15 is 0 Å². The van der Waals surface area contributed by atoms with E-state index in [1.165, 1.54) is 16.4 Å². The number of nitrogens with zero attached hydrogens (tertiary/aromatic N) is 1. The van der Waals surface area contributed by atoms with Crippen LogP contribution in [0.2, 0.25) is 5.02 Å². The van der Waals surface area contributed by atoms with Gasteiger partial charge in [-0.2, -0.15) is 4.31 Å². The van der Waals surface area contributed by atoms with E-state index in [1.54, 1.807) is 43.3 Å². The van der Waals surface area contributed by atoms with E-state index in [1.807, 2.05) is 0 Å². The van der Waals surface area contributed by atoms with E-state index in [-0.39, 0.29) is 10.8 Å². The molecule has 3 rings (SSSR count). The van der Waals surface area contributed by atoms with Crippen molar-refractivity contribution >= 4 is 33.2 Å². The number of halogens is 1. The second-order valence-corrected chi connectivity index (χ2v) is 8.66. The predicted octanol–water partition coefficient (Wildman–Crippen LogP) is 3.53. The number of carbonyl (C=O) groups is 1. The molecular weight excluding hydrogens is 388 g/mol. The Labute approximate surface area is 164 Å². The van der Waals surface area contributed by atoms with Gasteiger partial charge in [-0.05, 0) is 56.2 Å². The molecule has 1 amide bonds. The van der Waals surface area contributed by atoms with Gasteiger partial charge in [0.2, 0.25) is 10.0 Å². The van der Waals surface area contributed by atoms with Crippen LogP contribution < -0.4 is 10.1 Å². The summed E-state index contributed by atoms with van der Waals surface area (Å²) in [5, 5.41) is 3.14. The maximum atomic E-state index is 12.5. The van der Waals surface area contributed by atoms with Crippen LogP contribution in [0.25, 0.3) is 0 Å². The van der Waals surface area contributed by atoms with Crippen LogP contribution in [-0.2, 0) is 14.8 Å². The van der Waals surface area contributed by atoms with Crippen molar-refractivity contribution in [1.82, 2.24) is 4.31 Å². The summed E-state index contributed by atoms with van der Waals surface area (Å²) in [5.74, 6) is 0.0685. The van der Waals surface area contributed by atoms with E-state index in [4.69, 9.17) is 16.3 Å². The van der Waals surface area contributed by atoms with Crippen molar-refractivity contribution < 1.29 is 17.9 Å². The third-order valence-corrected chi connectivity index (χ3v) is 6.56. The lowest BCUT2D eigenvalue weighted by Crippen LogP contribution is -2.30. The number of para-hydroxylation sites is 1. The van der Waals surface area contributed by atoms with Gasteiger partial charge in [0.15, 0.2) is 6.10 Å². The third kappa shape index (κ3) is 4.61. The van der Waals surface area contributed by atoms with Gasteiger partial charge >= 0.3 is 0 Å². The fourth-order valence-corrected chi connectivity index (χ4v) is 4.51. The minimum atomic E-state index is -3.46. The Morgan fingerprint density at radius 3 is 2.37 bits per heavy atom. The van der Waals surface area contributed by atoms with Gasteiger partial charge in [0.05, 0.1) is 9.92 Å². The van der Waals surface area contributed by atoms with Crippen molar-refractivity contribution in [3.05, 3.63) is 53.6 Å². The number of sulfonamides is 1. The summed E-state index contributed by atoms with van der Waals surface area (Å²) in [7, 11) is -3.46. The van der Waals surface area contributed by atoms with Gasteiger partial charge in [0.1, 0.15) is 5.75 Å². The summed E-state index contributed by atoms with van der Waals surface area (Å²) < 4.78 is 32.1. The Morgan fingerprint density at radius 1 is 1.11 bits per heavy atom. The Balaban J connectivity index is 1.64. The number of anilines is 1. The fraction of sp³-hybridized carbons (Fsp3) is 0.316. The molecule has 1 aliphatic rings. The molecule has 2 aromatic carbocycles. The molecule has 8 heteroatoms. The van der Waals surface area contributed by atoms with Crippen LogP contribution in [0.3, 0.4) is 0 Å². The summed E-state index contributed by atoms with van der Waals surface area (Å²) in [5.41, 5.74) is 0.495. The minimum absolute atomic E-state index is 0.225. The molecule has 0 aromatic heterocycles.